The number of carbonyl (C=O) groups excluding carboxylic acids is 1. The third kappa shape index (κ3) is 3.58. The summed E-state index contributed by atoms with van der Waals surface area (Å²) in [5.74, 6) is -0.345. The molecule has 1 aromatic heterocycles. The van der Waals surface area contributed by atoms with Gasteiger partial charge in [0, 0.05) is 11.6 Å². The summed E-state index contributed by atoms with van der Waals surface area (Å²) in [6.45, 7) is 2.04. The zero-order chi connectivity index (χ0) is 18.6. The molecule has 0 aliphatic heterocycles. The highest BCUT2D eigenvalue weighted by Crippen LogP contribution is 2.29. The highest BCUT2D eigenvalue weighted by atomic mass is 16.5. The lowest BCUT2D eigenvalue weighted by molar-refractivity contribution is -0.395. The van der Waals surface area contributed by atoms with Gasteiger partial charge in [-0.3, -0.25) is 0 Å². The Labute approximate surface area is 158 Å². The Morgan fingerprint density at radius 3 is 2.33 bits per heavy atom. The van der Waals surface area contributed by atoms with E-state index < -0.39 is 6.10 Å². The van der Waals surface area contributed by atoms with Crippen LogP contribution in [0.2, 0.25) is 0 Å². The number of aromatic nitrogens is 1. The van der Waals surface area contributed by atoms with Gasteiger partial charge < -0.3 is 4.74 Å². The molecule has 3 nitrogen and oxygen atoms in total. The van der Waals surface area contributed by atoms with Crippen LogP contribution >= 0.6 is 0 Å². The van der Waals surface area contributed by atoms with Gasteiger partial charge >= 0.3 is 5.97 Å². The van der Waals surface area contributed by atoms with Crippen molar-refractivity contribution in [3.8, 4) is 0 Å². The molecule has 1 unspecified atom stereocenters. The first-order chi connectivity index (χ1) is 13.2. The number of esters is 1. The Hall–Kier alpha value is -3.46. The Kier molecular flexibility index (Phi) is 4.67. The van der Waals surface area contributed by atoms with E-state index in [0.29, 0.717) is 5.56 Å². The molecule has 132 valence electrons. The molecule has 0 aliphatic rings. The number of hydrogen-bond donors (Lipinski definition) is 0. The number of hydrogen-bond acceptors (Lipinski definition) is 2. The van der Waals surface area contributed by atoms with Gasteiger partial charge in [0.05, 0.1) is 10.9 Å². The molecule has 0 fully saturated rings. The second-order valence-electron chi connectivity index (χ2n) is 6.54. The zero-order valence-electron chi connectivity index (χ0n) is 15.1. The van der Waals surface area contributed by atoms with Crippen molar-refractivity contribution in [1.29, 1.82) is 0 Å². The van der Waals surface area contributed by atoms with Crippen LogP contribution in [-0.4, -0.2) is 5.97 Å². The summed E-state index contributed by atoms with van der Waals surface area (Å²) < 4.78 is 5.99. The third-order valence-corrected chi connectivity index (χ3v) is 4.63. The first-order valence-electron chi connectivity index (χ1n) is 8.94. The number of nitrogens with one attached hydrogen (secondary N) is 1. The van der Waals surface area contributed by atoms with Crippen molar-refractivity contribution < 1.29 is 14.5 Å². The maximum Gasteiger partial charge on any atom is 0.339 e. The van der Waals surface area contributed by atoms with E-state index in [-0.39, 0.29) is 5.97 Å². The Morgan fingerprint density at radius 2 is 1.56 bits per heavy atom. The number of fused-ring (bicyclic) bond motifs is 1. The molecule has 0 amide bonds. The summed E-state index contributed by atoms with van der Waals surface area (Å²) in [5.41, 5.74) is 3.49. The van der Waals surface area contributed by atoms with Crippen molar-refractivity contribution in [3.63, 3.8) is 0 Å². The lowest BCUT2D eigenvalue weighted by Gasteiger charge is -2.16. The van der Waals surface area contributed by atoms with Crippen LogP contribution in [0.1, 0.15) is 33.3 Å². The fourth-order valence-corrected chi connectivity index (χ4v) is 3.19. The van der Waals surface area contributed by atoms with Crippen molar-refractivity contribution >= 4 is 16.7 Å². The molecule has 0 spiro atoms. The molecular weight excluding hydrogens is 334 g/mol. The summed E-state index contributed by atoms with van der Waals surface area (Å²) in [7, 11) is 0. The summed E-state index contributed by atoms with van der Waals surface area (Å²) >= 11 is 0. The number of aromatic amines is 1. The average Bonchev–Trinajstić information content (AvgIpc) is 2.73. The van der Waals surface area contributed by atoms with Crippen LogP contribution in [0, 0.1) is 6.92 Å². The van der Waals surface area contributed by atoms with Crippen molar-refractivity contribution in [2.45, 2.75) is 13.0 Å². The van der Waals surface area contributed by atoms with E-state index in [0.717, 1.165) is 27.6 Å². The van der Waals surface area contributed by atoms with Crippen LogP contribution in [0.4, 0.5) is 0 Å². The normalized spacial score (nSPS) is 11.9. The van der Waals surface area contributed by atoms with E-state index in [1.54, 1.807) is 12.1 Å². The third-order valence-electron chi connectivity index (χ3n) is 4.63. The van der Waals surface area contributed by atoms with Crippen molar-refractivity contribution in [1.82, 2.24) is 0 Å². The van der Waals surface area contributed by atoms with Gasteiger partial charge in [0.25, 0.3) is 0 Å². The minimum Gasteiger partial charge on any atom is -0.442 e. The highest BCUT2D eigenvalue weighted by molar-refractivity contribution is 5.90. The molecule has 3 heteroatoms. The maximum absolute atomic E-state index is 12.8. The molecule has 27 heavy (non-hydrogen) atoms. The predicted octanol–water partition coefficient (Wildman–Crippen LogP) is 4.91. The van der Waals surface area contributed by atoms with Gasteiger partial charge in [0.15, 0.2) is 6.20 Å². The molecule has 4 aromatic rings. The van der Waals surface area contributed by atoms with Gasteiger partial charge in [-0.05, 0) is 30.5 Å². The highest BCUT2D eigenvalue weighted by Gasteiger charge is 2.27. The predicted molar refractivity (Wildman–Crippen MR) is 105 cm³/mol. The SMILES string of the molecule is Cc1ccc(C(OC(=O)c2ccccc2)c2[nH+]ccc3ccccc23)cc1. The van der Waals surface area contributed by atoms with Crippen LogP contribution < -0.4 is 4.98 Å². The number of aryl methyl sites for hydroxylation is 1. The molecule has 0 saturated carbocycles. The molecular formula is C24H20NO2+. The van der Waals surface area contributed by atoms with E-state index in [2.05, 4.69) is 11.1 Å². The van der Waals surface area contributed by atoms with Crippen molar-refractivity contribution in [2.75, 3.05) is 0 Å². The molecule has 0 radical (unpaired) electrons. The summed E-state index contributed by atoms with van der Waals surface area (Å²) in [6, 6.07) is 27.3. The van der Waals surface area contributed by atoms with Crippen LogP contribution in [0.15, 0.2) is 91.1 Å². The summed E-state index contributed by atoms with van der Waals surface area (Å²) in [5, 5.41) is 2.13. The topological polar surface area (TPSA) is 40.4 Å². The number of benzene rings is 3. The molecule has 4 rings (SSSR count). The molecule has 1 atom stereocenters. The van der Waals surface area contributed by atoms with E-state index >= 15 is 0 Å². The van der Waals surface area contributed by atoms with Gasteiger partial charge in [0.2, 0.25) is 11.8 Å². The van der Waals surface area contributed by atoms with Gasteiger partial charge in [-0.1, -0.05) is 66.2 Å². The Morgan fingerprint density at radius 1 is 0.852 bits per heavy atom. The van der Waals surface area contributed by atoms with E-state index in [4.69, 9.17) is 4.74 Å². The summed E-state index contributed by atoms with van der Waals surface area (Å²) in [4.78, 5) is 16.1. The van der Waals surface area contributed by atoms with Crippen molar-refractivity contribution in [3.05, 3.63) is 114 Å². The number of ether oxygens (including phenoxy) is 1. The second-order valence-corrected chi connectivity index (χ2v) is 6.54. The first-order valence-corrected chi connectivity index (χ1v) is 8.94. The van der Waals surface area contributed by atoms with E-state index in [9.17, 15) is 4.79 Å². The molecule has 0 saturated heterocycles. The Balaban J connectivity index is 1.80. The van der Waals surface area contributed by atoms with Crippen LogP contribution in [0.5, 0.6) is 0 Å². The number of pyridine rings is 1. The lowest BCUT2D eigenvalue weighted by atomic mass is 10.00. The number of H-pyrrole nitrogens is 1. The lowest BCUT2D eigenvalue weighted by Crippen LogP contribution is -2.21. The smallest absolute Gasteiger partial charge is 0.339 e. The monoisotopic (exact) mass is 354 g/mol. The van der Waals surface area contributed by atoms with Crippen LogP contribution in [-0.2, 0) is 4.74 Å². The molecule has 0 bridgehead atoms. The first kappa shape index (κ1) is 17.0. The van der Waals surface area contributed by atoms with Gasteiger partial charge in [0.1, 0.15) is 0 Å². The largest absolute Gasteiger partial charge is 0.442 e. The quantitative estimate of drug-likeness (QED) is 0.489. The molecule has 0 aliphatic carbocycles. The zero-order valence-corrected chi connectivity index (χ0v) is 15.1. The Bertz CT molecular complexity index is 1070. The number of carbonyl (C=O) groups is 1. The molecule has 3 aromatic carbocycles. The maximum atomic E-state index is 12.8. The van der Waals surface area contributed by atoms with Crippen LogP contribution in [0.3, 0.4) is 0 Å². The fraction of sp³-hybridized carbons (Fsp3) is 0.0833. The minimum absolute atomic E-state index is 0.345. The minimum atomic E-state index is -0.524. The van der Waals surface area contributed by atoms with Gasteiger partial charge in [-0.15, -0.1) is 0 Å². The average molecular weight is 354 g/mol. The van der Waals surface area contributed by atoms with E-state index in [1.807, 2.05) is 79.9 Å². The van der Waals surface area contributed by atoms with Crippen LogP contribution in [0.25, 0.3) is 10.8 Å². The summed E-state index contributed by atoms with van der Waals surface area (Å²) in [6.07, 6.45) is 1.36. The van der Waals surface area contributed by atoms with E-state index in [1.165, 1.54) is 0 Å². The number of rotatable bonds is 4. The van der Waals surface area contributed by atoms with Crippen molar-refractivity contribution in [2.24, 2.45) is 0 Å². The molecule has 1 N–H and O–H groups in total. The standard InChI is InChI=1S/C24H19NO2/c1-17-11-13-19(14-12-17)23(27-24(26)20-8-3-2-4-9-20)22-21-10-6-5-7-18(21)15-16-25-22/h2-16,23H,1H3/p+1. The second kappa shape index (κ2) is 7.42. The fourth-order valence-electron chi connectivity index (χ4n) is 3.19. The van der Waals surface area contributed by atoms with Gasteiger partial charge in [-0.2, -0.15) is 0 Å². The molecule has 1 heterocycles. The van der Waals surface area contributed by atoms with Gasteiger partial charge in [-0.25, -0.2) is 9.78 Å².